The van der Waals surface area contributed by atoms with Crippen LogP contribution in [0.4, 0.5) is 19.1 Å². The Kier molecular flexibility index (Phi) is 8.95. The van der Waals surface area contributed by atoms with E-state index in [1.807, 2.05) is 0 Å². The highest BCUT2D eigenvalue weighted by Crippen LogP contribution is 2.33. The fraction of sp³-hybridized carbons (Fsp3) is 0.379. The SMILES string of the molecule is C[C@@H](NC(=O)[C@@H](CO)N1Cc2ccc(-c3nc(NC4CCOCC4)ncc3Cl)cc2C1=O)c1cc(C(F)F)ccc1F. The first-order valence-electron chi connectivity index (χ1n) is 13.5. The molecule has 1 fully saturated rings. The summed E-state index contributed by atoms with van der Waals surface area (Å²) in [6.45, 7) is 2.07. The Bertz CT molecular complexity index is 1490. The Morgan fingerprint density at radius 1 is 1.21 bits per heavy atom. The predicted molar refractivity (Wildman–Crippen MR) is 149 cm³/mol. The molecule has 5 rings (SSSR count). The topological polar surface area (TPSA) is 117 Å². The normalized spacial score (nSPS) is 16.8. The van der Waals surface area contributed by atoms with Gasteiger partial charge in [-0.2, -0.15) is 0 Å². The number of rotatable bonds is 9. The Morgan fingerprint density at radius 3 is 2.69 bits per heavy atom. The largest absolute Gasteiger partial charge is 0.394 e. The van der Waals surface area contributed by atoms with Gasteiger partial charge in [-0.3, -0.25) is 9.59 Å². The lowest BCUT2D eigenvalue weighted by atomic mass is 10.0. The molecule has 1 saturated heterocycles. The zero-order valence-corrected chi connectivity index (χ0v) is 23.4. The van der Waals surface area contributed by atoms with E-state index in [-0.39, 0.29) is 23.7 Å². The van der Waals surface area contributed by atoms with Gasteiger partial charge in [0.25, 0.3) is 12.3 Å². The molecule has 0 saturated carbocycles. The molecule has 0 bridgehead atoms. The molecule has 0 spiro atoms. The molecule has 9 nitrogen and oxygen atoms in total. The lowest BCUT2D eigenvalue weighted by Crippen LogP contribution is -2.49. The van der Waals surface area contributed by atoms with Gasteiger partial charge >= 0.3 is 0 Å². The average molecular weight is 604 g/mol. The van der Waals surface area contributed by atoms with Crippen molar-refractivity contribution in [1.82, 2.24) is 20.2 Å². The molecule has 3 aromatic rings. The van der Waals surface area contributed by atoms with Crippen LogP contribution in [0, 0.1) is 5.82 Å². The number of aliphatic hydroxyl groups excluding tert-OH is 1. The molecule has 0 aliphatic carbocycles. The van der Waals surface area contributed by atoms with E-state index < -0.39 is 42.7 Å². The highest BCUT2D eigenvalue weighted by atomic mass is 35.5. The number of nitrogens with one attached hydrogen (secondary N) is 2. The van der Waals surface area contributed by atoms with Gasteiger partial charge in [-0.25, -0.2) is 23.1 Å². The van der Waals surface area contributed by atoms with E-state index in [2.05, 4.69) is 20.6 Å². The quantitative estimate of drug-likeness (QED) is 0.326. The summed E-state index contributed by atoms with van der Waals surface area (Å²) in [6.07, 6.45) is 0.315. The summed E-state index contributed by atoms with van der Waals surface area (Å²) in [7, 11) is 0. The Balaban J connectivity index is 1.32. The number of ether oxygens (including phenoxy) is 1. The number of hydrogen-bond donors (Lipinski definition) is 3. The van der Waals surface area contributed by atoms with Crippen molar-refractivity contribution in [2.75, 3.05) is 25.1 Å². The van der Waals surface area contributed by atoms with Crippen molar-refractivity contribution in [3.8, 4) is 11.3 Å². The van der Waals surface area contributed by atoms with Crippen molar-refractivity contribution < 1.29 is 32.6 Å². The summed E-state index contributed by atoms with van der Waals surface area (Å²) >= 11 is 6.42. The molecule has 42 heavy (non-hydrogen) atoms. The molecule has 13 heteroatoms. The molecule has 2 aliphatic heterocycles. The monoisotopic (exact) mass is 603 g/mol. The molecule has 0 radical (unpaired) electrons. The number of halogens is 4. The number of benzene rings is 2. The van der Waals surface area contributed by atoms with Gasteiger partial charge < -0.3 is 25.4 Å². The lowest BCUT2D eigenvalue weighted by Gasteiger charge is -2.27. The summed E-state index contributed by atoms with van der Waals surface area (Å²) in [5, 5.41) is 16.2. The van der Waals surface area contributed by atoms with Crippen LogP contribution in [0.1, 0.15) is 59.3 Å². The number of hydrogen-bond acceptors (Lipinski definition) is 7. The van der Waals surface area contributed by atoms with E-state index in [0.717, 1.165) is 31.0 Å². The minimum Gasteiger partial charge on any atom is -0.394 e. The number of amides is 2. The summed E-state index contributed by atoms with van der Waals surface area (Å²) in [5.74, 6) is -1.61. The first kappa shape index (κ1) is 29.7. The minimum atomic E-state index is -2.81. The third-order valence-electron chi connectivity index (χ3n) is 7.46. The number of aromatic nitrogens is 2. The first-order valence-corrected chi connectivity index (χ1v) is 13.8. The van der Waals surface area contributed by atoms with E-state index in [1.165, 1.54) is 18.0 Å². The fourth-order valence-electron chi connectivity index (χ4n) is 5.13. The summed E-state index contributed by atoms with van der Waals surface area (Å²) < 4.78 is 46.0. The van der Waals surface area contributed by atoms with Crippen molar-refractivity contribution in [2.45, 2.75) is 50.9 Å². The molecule has 3 N–H and O–H groups in total. The molecular weight excluding hydrogens is 575 g/mol. The van der Waals surface area contributed by atoms with E-state index in [1.54, 1.807) is 18.2 Å². The number of aliphatic hydroxyl groups is 1. The number of nitrogens with zero attached hydrogens (tertiary/aromatic N) is 3. The van der Waals surface area contributed by atoms with Crippen LogP contribution >= 0.6 is 11.6 Å². The molecule has 1 aromatic heterocycles. The second-order valence-electron chi connectivity index (χ2n) is 10.2. The van der Waals surface area contributed by atoms with Gasteiger partial charge in [0.05, 0.1) is 29.6 Å². The first-order chi connectivity index (χ1) is 20.2. The molecule has 0 unspecified atom stereocenters. The Morgan fingerprint density at radius 2 is 1.98 bits per heavy atom. The van der Waals surface area contributed by atoms with Crippen molar-refractivity contribution in [3.63, 3.8) is 0 Å². The average Bonchev–Trinajstić information content (AvgIpc) is 3.30. The van der Waals surface area contributed by atoms with Gasteiger partial charge in [0.15, 0.2) is 0 Å². The second kappa shape index (κ2) is 12.6. The molecule has 2 atom stereocenters. The number of carbonyl (C=O) groups excluding carboxylic acids is 2. The Labute approximate surface area is 245 Å². The predicted octanol–water partition coefficient (Wildman–Crippen LogP) is 4.66. The van der Waals surface area contributed by atoms with Gasteiger partial charge in [-0.15, -0.1) is 0 Å². The third kappa shape index (κ3) is 6.20. The van der Waals surface area contributed by atoms with Crippen LogP contribution in [0.15, 0.2) is 42.6 Å². The maximum absolute atomic E-state index is 14.4. The zero-order chi connectivity index (χ0) is 30.0. The maximum Gasteiger partial charge on any atom is 0.263 e. The van der Waals surface area contributed by atoms with Crippen molar-refractivity contribution in [1.29, 1.82) is 0 Å². The molecule has 2 aliphatic rings. The van der Waals surface area contributed by atoms with Gasteiger partial charge in [-0.05, 0) is 43.5 Å². The van der Waals surface area contributed by atoms with Crippen LogP contribution in [0.2, 0.25) is 5.02 Å². The van der Waals surface area contributed by atoms with Gasteiger partial charge in [-0.1, -0.05) is 29.8 Å². The standard InChI is InChI=1S/C29H29ClF3N5O4/c1-15(20-11-17(26(32)33)4-5-23(20)31)35-27(40)24(14-39)38-13-18-3-2-16(10-21(18)28(38)41)25-22(30)12-34-29(37-25)36-19-6-8-42-9-7-19/h2-5,10-12,15,19,24,26,39H,6-9,13-14H2,1H3,(H,35,40)(H,34,36,37)/t15-,24-/m1/s1. The van der Waals surface area contributed by atoms with E-state index in [0.29, 0.717) is 46.6 Å². The molecule has 2 amide bonds. The second-order valence-corrected chi connectivity index (χ2v) is 10.6. The summed E-state index contributed by atoms with van der Waals surface area (Å²) in [5.41, 5.74) is 1.42. The summed E-state index contributed by atoms with van der Waals surface area (Å²) in [6, 6.07) is 5.86. The van der Waals surface area contributed by atoms with Crippen molar-refractivity contribution in [3.05, 3.63) is 75.7 Å². The van der Waals surface area contributed by atoms with Crippen LogP contribution in [0.5, 0.6) is 0 Å². The van der Waals surface area contributed by atoms with E-state index in [9.17, 15) is 27.9 Å². The third-order valence-corrected chi connectivity index (χ3v) is 7.74. The van der Waals surface area contributed by atoms with Gasteiger partial charge in [0.1, 0.15) is 11.9 Å². The maximum atomic E-state index is 14.4. The van der Waals surface area contributed by atoms with Crippen molar-refractivity contribution >= 4 is 29.4 Å². The Hall–Kier alpha value is -3.74. The van der Waals surface area contributed by atoms with Crippen LogP contribution < -0.4 is 10.6 Å². The highest BCUT2D eigenvalue weighted by molar-refractivity contribution is 6.33. The smallest absolute Gasteiger partial charge is 0.263 e. The van der Waals surface area contributed by atoms with Gasteiger partial charge in [0.2, 0.25) is 11.9 Å². The highest BCUT2D eigenvalue weighted by Gasteiger charge is 2.37. The van der Waals surface area contributed by atoms with Crippen LogP contribution in [0.3, 0.4) is 0 Å². The zero-order valence-electron chi connectivity index (χ0n) is 22.6. The van der Waals surface area contributed by atoms with Gasteiger partial charge in [0, 0.05) is 48.1 Å². The minimum absolute atomic E-state index is 0.0464. The number of carbonyl (C=O) groups is 2. The number of fused-ring (bicyclic) bond motifs is 1. The number of anilines is 1. The molecule has 2 aromatic carbocycles. The van der Waals surface area contributed by atoms with Crippen LogP contribution in [0.25, 0.3) is 11.3 Å². The van der Waals surface area contributed by atoms with Crippen molar-refractivity contribution in [2.24, 2.45) is 0 Å². The van der Waals surface area contributed by atoms with E-state index >= 15 is 0 Å². The van der Waals surface area contributed by atoms with Crippen LogP contribution in [-0.2, 0) is 16.1 Å². The molecule has 222 valence electrons. The fourth-order valence-corrected chi connectivity index (χ4v) is 5.33. The van der Waals surface area contributed by atoms with Crippen LogP contribution in [-0.4, -0.2) is 63.7 Å². The lowest BCUT2D eigenvalue weighted by molar-refractivity contribution is -0.127. The summed E-state index contributed by atoms with van der Waals surface area (Å²) in [4.78, 5) is 36.6. The molecule has 3 heterocycles. The number of alkyl halides is 2. The van der Waals surface area contributed by atoms with E-state index in [4.69, 9.17) is 16.3 Å². The molecular formula is C29H29ClF3N5O4.